The van der Waals surface area contributed by atoms with Gasteiger partial charge in [0.2, 0.25) is 11.8 Å². The zero-order valence-electron chi connectivity index (χ0n) is 28.5. The maximum Gasteiger partial charge on any atom is 0.238 e. The lowest BCUT2D eigenvalue weighted by atomic mass is 9.42. The number of Topliss-reactive ketones (excluding diaryl/α,β-unsaturated/α-hetero) is 1. The Morgan fingerprint density at radius 1 is 1.05 bits per heavy atom. The topological polar surface area (TPSA) is 116 Å². The minimum absolute atomic E-state index is 0.0245. The zero-order chi connectivity index (χ0) is 32.8. The molecule has 2 saturated carbocycles. The maximum absolute atomic E-state index is 13.3. The quantitative estimate of drug-likeness (QED) is 0.240. The van der Waals surface area contributed by atoms with Crippen LogP contribution in [-0.4, -0.2) is 23.4 Å². The van der Waals surface area contributed by atoms with Gasteiger partial charge in [-0.3, -0.25) is 30.0 Å². The fraction of sp³-hybridized carbons (Fsp3) is 0.750. The van der Waals surface area contributed by atoms with Crippen LogP contribution in [0.2, 0.25) is 0 Å². The molecule has 0 saturated heterocycles. The predicted molar refractivity (Wildman–Crippen MR) is 169 cm³/mol. The highest BCUT2D eigenvalue weighted by molar-refractivity contribution is 6.04. The van der Waals surface area contributed by atoms with Crippen molar-refractivity contribution in [2.45, 2.75) is 128 Å². The van der Waals surface area contributed by atoms with Crippen LogP contribution in [0.15, 0.2) is 23.3 Å². The van der Waals surface area contributed by atoms with Crippen LogP contribution in [0, 0.1) is 55.7 Å². The van der Waals surface area contributed by atoms with E-state index in [9.17, 15) is 24.4 Å². The molecule has 3 rings (SSSR count). The van der Waals surface area contributed by atoms with Gasteiger partial charge in [-0.05, 0) is 91.4 Å². The average Bonchev–Trinajstić information content (AvgIpc) is 2.88. The van der Waals surface area contributed by atoms with Crippen LogP contribution in [-0.2, 0) is 19.2 Å². The Labute approximate surface area is 259 Å². The number of fused-ring (bicyclic) bond motifs is 1. The Morgan fingerprint density at radius 2 is 1.67 bits per heavy atom. The third kappa shape index (κ3) is 6.40. The molecule has 7 nitrogen and oxygen atoms in total. The molecule has 2 N–H and O–H groups in total. The second-order valence-electron chi connectivity index (χ2n) is 16.5. The van der Waals surface area contributed by atoms with Crippen LogP contribution in [0.25, 0.3) is 0 Å². The van der Waals surface area contributed by atoms with Crippen molar-refractivity contribution in [1.29, 1.82) is 5.26 Å². The Bertz CT molecular complexity index is 1280. The summed E-state index contributed by atoms with van der Waals surface area (Å²) in [6.07, 6.45) is 10.3. The molecule has 0 aromatic carbocycles. The first-order valence-electron chi connectivity index (χ1n) is 16.0. The molecule has 238 valence electrons. The van der Waals surface area contributed by atoms with E-state index in [1.165, 1.54) is 6.92 Å². The first-order valence-corrected chi connectivity index (χ1v) is 16.0. The van der Waals surface area contributed by atoms with Crippen molar-refractivity contribution in [3.05, 3.63) is 23.3 Å². The average molecular weight is 594 g/mol. The minimum atomic E-state index is -0.717. The van der Waals surface area contributed by atoms with E-state index in [1.807, 2.05) is 19.9 Å². The van der Waals surface area contributed by atoms with Gasteiger partial charge >= 0.3 is 0 Å². The van der Waals surface area contributed by atoms with Gasteiger partial charge in [0.15, 0.2) is 11.6 Å². The molecule has 43 heavy (non-hydrogen) atoms. The summed E-state index contributed by atoms with van der Waals surface area (Å²) < 4.78 is 0. The third-order valence-electron chi connectivity index (χ3n) is 12.3. The lowest BCUT2D eigenvalue weighted by molar-refractivity contribution is -0.132. The summed E-state index contributed by atoms with van der Waals surface area (Å²) in [5.74, 6) is -0.326. The molecule has 0 radical (unpaired) electrons. The molecule has 0 bridgehead atoms. The molecule has 0 heterocycles. The molecule has 3 aliphatic rings. The van der Waals surface area contributed by atoms with Crippen LogP contribution in [0.4, 0.5) is 0 Å². The standard InChI is InChI=1S/C36H55N3O4/c1-23-19-31(4,5)14-16-36(23,21-29(42)39-38-25(3)41)17-15-32(6,7)35(11)13-12-27-33(8,9)30(43)26(22-37)20-34(27,10)28(35)18-24(2)40/h18,20,23,27H,12-17,19,21H2,1-11H3,(H,38,41)(H,39,42)/b28-18-/t23?,27-,34-,35+,36+/m0/s1. The number of hydrazine groups is 1. The van der Waals surface area contributed by atoms with Gasteiger partial charge in [0, 0.05) is 24.2 Å². The minimum Gasteiger partial charge on any atom is -0.295 e. The van der Waals surface area contributed by atoms with Gasteiger partial charge in [-0.25, -0.2) is 0 Å². The second-order valence-corrected chi connectivity index (χ2v) is 16.5. The van der Waals surface area contributed by atoms with Crippen LogP contribution < -0.4 is 10.9 Å². The van der Waals surface area contributed by atoms with Crippen LogP contribution in [0.1, 0.15) is 128 Å². The SMILES string of the molecule is CC(=O)/C=C1/[C@@]2(C)C=C(C#N)C(=O)C(C)(C)[C@@H]2CC[C@@]1(C)C(C)(C)CC[C@@]1(CC(=O)NNC(C)=O)CCC(C)(C)CC1C. The first-order chi connectivity index (χ1) is 19.6. The number of carbonyl (C=O) groups is 4. The van der Waals surface area contributed by atoms with Gasteiger partial charge in [0.25, 0.3) is 0 Å². The van der Waals surface area contributed by atoms with E-state index in [0.29, 0.717) is 12.3 Å². The van der Waals surface area contributed by atoms with Crippen molar-refractivity contribution < 1.29 is 19.2 Å². The van der Waals surface area contributed by atoms with Crippen molar-refractivity contribution in [3.8, 4) is 6.07 Å². The lowest BCUT2D eigenvalue weighted by Crippen LogP contribution is -2.56. The van der Waals surface area contributed by atoms with Crippen molar-refractivity contribution in [1.82, 2.24) is 10.9 Å². The molecule has 2 amide bonds. The molecule has 5 atom stereocenters. The monoisotopic (exact) mass is 593 g/mol. The zero-order valence-corrected chi connectivity index (χ0v) is 28.5. The van der Waals surface area contributed by atoms with Gasteiger partial charge in [-0.2, -0.15) is 5.26 Å². The smallest absolute Gasteiger partial charge is 0.238 e. The summed E-state index contributed by atoms with van der Waals surface area (Å²) in [5.41, 5.74) is 4.27. The van der Waals surface area contributed by atoms with Crippen LogP contribution in [0.5, 0.6) is 0 Å². The molecule has 0 aromatic rings. The molecule has 0 spiro atoms. The number of ketones is 2. The highest BCUT2D eigenvalue weighted by Gasteiger charge is 2.61. The number of carbonyl (C=O) groups excluding carboxylic acids is 4. The second kappa shape index (κ2) is 11.6. The number of amides is 2. The van der Waals surface area contributed by atoms with Crippen molar-refractivity contribution >= 4 is 23.4 Å². The van der Waals surface area contributed by atoms with Gasteiger partial charge in [-0.1, -0.05) is 74.0 Å². The molecule has 7 heteroatoms. The van der Waals surface area contributed by atoms with E-state index in [-0.39, 0.29) is 56.5 Å². The van der Waals surface area contributed by atoms with E-state index in [1.54, 1.807) is 13.0 Å². The summed E-state index contributed by atoms with van der Waals surface area (Å²) >= 11 is 0. The number of rotatable bonds is 7. The Balaban J connectivity index is 2.04. The molecule has 2 fully saturated rings. The molecule has 1 unspecified atom stereocenters. The summed E-state index contributed by atoms with van der Waals surface area (Å²) in [6, 6.07) is 2.16. The predicted octanol–water partition coefficient (Wildman–Crippen LogP) is 7.18. The highest BCUT2D eigenvalue weighted by atomic mass is 16.2. The Hall–Kier alpha value is -2.75. The van der Waals surface area contributed by atoms with Crippen LogP contribution >= 0.6 is 0 Å². The number of nitrogens with one attached hydrogen (secondary N) is 2. The number of hydrogen-bond donors (Lipinski definition) is 2. The van der Waals surface area contributed by atoms with Gasteiger partial charge < -0.3 is 0 Å². The number of hydrogen-bond acceptors (Lipinski definition) is 5. The van der Waals surface area contributed by atoms with Crippen molar-refractivity contribution in [2.75, 3.05) is 0 Å². The van der Waals surface area contributed by atoms with Crippen molar-refractivity contribution in [2.24, 2.45) is 44.3 Å². The van der Waals surface area contributed by atoms with Gasteiger partial charge in [-0.15, -0.1) is 0 Å². The Morgan fingerprint density at radius 3 is 2.21 bits per heavy atom. The lowest BCUT2D eigenvalue weighted by Gasteiger charge is -2.61. The normalized spacial score (nSPS) is 34.4. The molecule has 3 aliphatic carbocycles. The molecule has 0 aromatic heterocycles. The number of nitriles is 1. The summed E-state index contributed by atoms with van der Waals surface area (Å²) in [5, 5.41) is 9.93. The van der Waals surface area contributed by atoms with Crippen LogP contribution in [0.3, 0.4) is 0 Å². The third-order valence-corrected chi connectivity index (χ3v) is 12.3. The maximum atomic E-state index is 13.3. The number of allylic oxidation sites excluding steroid dienone is 4. The Kier molecular flexibility index (Phi) is 9.40. The highest BCUT2D eigenvalue weighted by Crippen LogP contribution is 2.67. The summed E-state index contributed by atoms with van der Waals surface area (Å²) in [4.78, 5) is 50.7. The first kappa shape index (κ1) is 34.7. The fourth-order valence-electron chi connectivity index (χ4n) is 9.18. The summed E-state index contributed by atoms with van der Waals surface area (Å²) in [6.45, 7) is 22.7. The largest absolute Gasteiger partial charge is 0.295 e. The van der Waals surface area contributed by atoms with E-state index < -0.39 is 10.8 Å². The number of nitrogens with zero attached hydrogens (tertiary/aromatic N) is 1. The fourth-order valence-corrected chi connectivity index (χ4v) is 9.18. The van der Waals surface area contributed by atoms with Gasteiger partial charge in [0.1, 0.15) is 6.07 Å². The van der Waals surface area contributed by atoms with E-state index in [2.05, 4.69) is 65.4 Å². The molecule has 0 aliphatic heterocycles. The van der Waals surface area contributed by atoms with E-state index in [0.717, 1.165) is 50.5 Å². The van der Waals surface area contributed by atoms with Crippen molar-refractivity contribution in [3.63, 3.8) is 0 Å². The van der Waals surface area contributed by atoms with E-state index >= 15 is 0 Å². The van der Waals surface area contributed by atoms with Gasteiger partial charge in [0.05, 0.1) is 5.57 Å². The molecular weight excluding hydrogens is 538 g/mol. The molecular formula is C36H55N3O4. The summed E-state index contributed by atoms with van der Waals surface area (Å²) in [7, 11) is 0. The van der Waals surface area contributed by atoms with E-state index in [4.69, 9.17) is 0 Å².